The lowest BCUT2D eigenvalue weighted by Gasteiger charge is -2.13. The molecule has 174 valence electrons. The number of hydrogen-bond acceptors (Lipinski definition) is 6. The molecule has 0 saturated carbocycles. The Balaban J connectivity index is 1.62. The van der Waals surface area contributed by atoms with Crippen LogP contribution in [0.15, 0.2) is 79.0 Å². The molecule has 34 heavy (non-hydrogen) atoms. The van der Waals surface area contributed by atoms with Gasteiger partial charge in [-0.3, -0.25) is 0 Å². The predicted octanol–water partition coefficient (Wildman–Crippen LogP) is 5.29. The fourth-order valence-corrected chi connectivity index (χ4v) is 4.12. The van der Waals surface area contributed by atoms with Crippen LogP contribution >= 0.6 is 0 Å². The minimum Gasteiger partial charge on any atom is -0.488 e. The first kappa shape index (κ1) is 23.3. The van der Waals surface area contributed by atoms with Crippen LogP contribution in [0.4, 0.5) is 20.4 Å². The Morgan fingerprint density at radius 1 is 0.941 bits per heavy atom. The number of hydrogen-bond donors (Lipinski definition) is 1. The summed E-state index contributed by atoms with van der Waals surface area (Å²) in [7, 11) is -3.20. The summed E-state index contributed by atoms with van der Waals surface area (Å²) in [5, 5.41) is 2.96. The summed E-state index contributed by atoms with van der Waals surface area (Å²) < 4.78 is 57.6. The maximum absolute atomic E-state index is 14.7. The molecule has 1 heterocycles. The van der Waals surface area contributed by atoms with Crippen molar-refractivity contribution in [3.63, 3.8) is 0 Å². The maximum Gasteiger partial charge on any atom is 0.227 e. The largest absolute Gasteiger partial charge is 0.488 e. The van der Waals surface area contributed by atoms with Crippen molar-refractivity contribution in [1.29, 1.82) is 0 Å². The zero-order chi connectivity index (χ0) is 24.1. The highest BCUT2D eigenvalue weighted by atomic mass is 32.2. The third-order valence-corrected chi connectivity index (χ3v) is 5.65. The van der Waals surface area contributed by atoms with E-state index in [9.17, 15) is 17.2 Å². The van der Waals surface area contributed by atoms with Gasteiger partial charge in [-0.2, -0.15) is 0 Å². The van der Waals surface area contributed by atoms with Crippen molar-refractivity contribution >= 4 is 21.5 Å². The monoisotopic (exact) mass is 481 g/mol. The average Bonchev–Trinajstić information content (AvgIpc) is 2.79. The molecule has 1 N–H and O–H groups in total. The van der Waals surface area contributed by atoms with E-state index >= 15 is 0 Å². The van der Waals surface area contributed by atoms with Crippen LogP contribution in [0.3, 0.4) is 0 Å². The standard InChI is InChI=1S/C25H21F2N3O3S/c1-34(31,32)16-18-8-5-9-20(12-18)29-25-28-14-22(27)24(30-25)21-11-10-19(26)13-23(21)33-15-17-6-3-2-4-7-17/h2-14H,15-16H2,1H3,(H,28,29,30). The van der Waals surface area contributed by atoms with Crippen molar-refractivity contribution in [3.05, 3.63) is 102 Å². The van der Waals surface area contributed by atoms with Crippen LogP contribution < -0.4 is 10.1 Å². The number of nitrogens with zero attached hydrogens (tertiary/aromatic N) is 2. The van der Waals surface area contributed by atoms with Crippen LogP contribution in [0.2, 0.25) is 0 Å². The smallest absolute Gasteiger partial charge is 0.227 e. The van der Waals surface area contributed by atoms with Gasteiger partial charge in [0.1, 0.15) is 23.9 Å². The minimum absolute atomic E-state index is 0.0622. The lowest BCUT2D eigenvalue weighted by Crippen LogP contribution is -2.04. The van der Waals surface area contributed by atoms with E-state index in [2.05, 4.69) is 15.3 Å². The summed E-state index contributed by atoms with van der Waals surface area (Å²) in [4.78, 5) is 8.24. The van der Waals surface area contributed by atoms with Crippen molar-refractivity contribution in [2.75, 3.05) is 11.6 Å². The Labute approximate surface area is 196 Å². The zero-order valence-corrected chi connectivity index (χ0v) is 19.0. The second kappa shape index (κ2) is 9.96. The number of rotatable bonds is 8. The van der Waals surface area contributed by atoms with E-state index in [1.165, 1.54) is 18.2 Å². The highest BCUT2D eigenvalue weighted by molar-refractivity contribution is 7.89. The van der Waals surface area contributed by atoms with E-state index in [1.807, 2.05) is 30.3 Å². The number of benzene rings is 3. The third-order valence-electron chi connectivity index (χ3n) is 4.79. The maximum atomic E-state index is 14.7. The Morgan fingerprint density at radius 2 is 1.71 bits per heavy atom. The molecule has 0 radical (unpaired) electrons. The summed E-state index contributed by atoms with van der Waals surface area (Å²) >= 11 is 0. The van der Waals surface area contributed by atoms with Gasteiger partial charge < -0.3 is 10.1 Å². The first-order valence-corrected chi connectivity index (χ1v) is 12.4. The second-order valence-electron chi connectivity index (χ2n) is 7.70. The summed E-state index contributed by atoms with van der Waals surface area (Å²) in [6, 6.07) is 19.9. The number of aromatic nitrogens is 2. The van der Waals surface area contributed by atoms with Gasteiger partial charge in [-0.05, 0) is 35.4 Å². The van der Waals surface area contributed by atoms with E-state index in [-0.39, 0.29) is 35.3 Å². The van der Waals surface area contributed by atoms with Crippen molar-refractivity contribution in [2.24, 2.45) is 0 Å². The van der Waals surface area contributed by atoms with E-state index in [0.29, 0.717) is 11.3 Å². The Hall–Kier alpha value is -3.85. The van der Waals surface area contributed by atoms with Crippen molar-refractivity contribution in [3.8, 4) is 17.0 Å². The molecule has 0 fully saturated rings. The fraction of sp³-hybridized carbons (Fsp3) is 0.120. The van der Waals surface area contributed by atoms with Gasteiger partial charge in [0.05, 0.1) is 11.9 Å². The van der Waals surface area contributed by atoms with Crippen LogP contribution in [0, 0.1) is 11.6 Å². The molecule has 9 heteroatoms. The molecular weight excluding hydrogens is 460 g/mol. The number of sulfone groups is 1. The third kappa shape index (κ3) is 6.14. The second-order valence-corrected chi connectivity index (χ2v) is 9.84. The summed E-state index contributed by atoms with van der Waals surface area (Å²) in [6.45, 7) is 0.169. The highest BCUT2D eigenvalue weighted by Gasteiger charge is 2.16. The topological polar surface area (TPSA) is 81.2 Å². The van der Waals surface area contributed by atoms with Crippen LogP contribution in [0.5, 0.6) is 5.75 Å². The SMILES string of the molecule is CS(=O)(=O)Cc1cccc(Nc2ncc(F)c(-c3ccc(F)cc3OCc3ccccc3)n2)c1. The van der Waals surface area contributed by atoms with Crippen molar-refractivity contribution in [1.82, 2.24) is 9.97 Å². The Kier molecular flexibility index (Phi) is 6.83. The van der Waals surface area contributed by atoms with E-state index < -0.39 is 21.5 Å². The van der Waals surface area contributed by atoms with E-state index in [1.54, 1.807) is 24.3 Å². The lowest BCUT2D eigenvalue weighted by atomic mass is 10.1. The van der Waals surface area contributed by atoms with Crippen LogP contribution in [0.1, 0.15) is 11.1 Å². The molecule has 0 saturated heterocycles. The van der Waals surface area contributed by atoms with E-state index in [0.717, 1.165) is 18.0 Å². The summed E-state index contributed by atoms with van der Waals surface area (Å²) in [5.74, 6) is -1.11. The van der Waals surface area contributed by atoms with Gasteiger partial charge in [0, 0.05) is 23.6 Å². The molecule has 0 unspecified atom stereocenters. The molecule has 0 aliphatic heterocycles. The van der Waals surface area contributed by atoms with Crippen molar-refractivity contribution < 1.29 is 21.9 Å². The molecule has 0 atom stereocenters. The van der Waals surface area contributed by atoms with Gasteiger partial charge in [-0.1, -0.05) is 42.5 Å². The summed E-state index contributed by atoms with van der Waals surface area (Å²) in [6.07, 6.45) is 2.16. The molecule has 4 aromatic rings. The molecule has 0 aliphatic rings. The molecule has 1 aromatic heterocycles. The average molecular weight is 482 g/mol. The molecule has 0 spiro atoms. The first-order valence-electron chi connectivity index (χ1n) is 10.3. The van der Waals surface area contributed by atoms with Crippen molar-refractivity contribution in [2.45, 2.75) is 12.4 Å². The van der Waals surface area contributed by atoms with Crippen LogP contribution in [0.25, 0.3) is 11.3 Å². The zero-order valence-electron chi connectivity index (χ0n) is 18.2. The normalized spacial score (nSPS) is 11.3. The van der Waals surface area contributed by atoms with Crippen LogP contribution in [-0.2, 0) is 22.2 Å². The van der Waals surface area contributed by atoms with Gasteiger partial charge in [0.2, 0.25) is 5.95 Å². The van der Waals surface area contributed by atoms with Gasteiger partial charge in [0.25, 0.3) is 0 Å². The predicted molar refractivity (Wildman–Crippen MR) is 126 cm³/mol. The molecule has 0 bridgehead atoms. The number of anilines is 2. The Morgan fingerprint density at radius 3 is 2.47 bits per heavy atom. The van der Waals surface area contributed by atoms with Crippen LogP contribution in [-0.4, -0.2) is 24.6 Å². The fourth-order valence-electron chi connectivity index (χ4n) is 3.33. The molecule has 0 aliphatic carbocycles. The summed E-state index contributed by atoms with van der Waals surface area (Å²) in [5.41, 5.74) is 2.21. The number of nitrogens with one attached hydrogen (secondary N) is 1. The molecule has 4 rings (SSSR count). The van der Waals surface area contributed by atoms with Gasteiger partial charge in [0.15, 0.2) is 15.7 Å². The molecule has 0 amide bonds. The Bertz CT molecular complexity index is 1410. The number of ether oxygens (including phenoxy) is 1. The van der Waals surface area contributed by atoms with Gasteiger partial charge in [-0.25, -0.2) is 27.2 Å². The minimum atomic E-state index is -3.20. The highest BCUT2D eigenvalue weighted by Crippen LogP contribution is 2.32. The lowest BCUT2D eigenvalue weighted by molar-refractivity contribution is 0.305. The molecule has 3 aromatic carbocycles. The quantitative estimate of drug-likeness (QED) is 0.368. The van der Waals surface area contributed by atoms with Gasteiger partial charge >= 0.3 is 0 Å². The molecular formula is C25H21F2N3O3S. The van der Waals surface area contributed by atoms with E-state index in [4.69, 9.17) is 4.74 Å². The molecule has 6 nitrogen and oxygen atoms in total. The van der Waals surface area contributed by atoms with Gasteiger partial charge in [-0.15, -0.1) is 0 Å². The first-order chi connectivity index (χ1) is 16.3. The number of halogens is 2.